The first-order chi connectivity index (χ1) is 19.2. The highest BCUT2D eigenvalue weighted by molar-refractivity contribution is 6.32. The summed E-state index contributed by atoms with van der Waals surface area (Å²) in [7, 11) is 3.05. The summed E-state index contributed by atoms with van der Waals surface area (Å²) >= 11 is 6.04. The second-order valence-electron chi connectivity index (χ2n) is 10.5. The molecule has 1 aliphatic heterocycles. The van der Waals surface area contributed by atoms with Crippen LogP contribution in [-0.2, 0) is 18.6 Å². The average Bonchev–Trinajstić information content (AvgIpc) is 2.94. The van der Waals surface area contributed by atoms with Crippen molar-refractivity contribution in [3.05, 3.63) is 92.1 Å². The van der Waals surface area contributed by atoms with Gasteiger partial charge < -0.3 is 24.0 Å². The zero-order valence-corrected chi connectivity index (χ0v) is 23.0. The molecule has 40 heavy (non-hydrogen) atoms. The zero-order valence-electron chi connectivity index (χ0n) is 22.3. The fourth-order valence-corrected chi connectivity index (χ4v) is 6.03. The van der Waals surface area contributed by atoms with Gasteiger partial charge in [-0.25, -0.2) is 4.39 Å². The molecule has 1 saturated carbocycles. The van der Waals surface area contributed by atoms with E-state index in [1.165, 1.54) is 25.4 Å². The molecule has 3 aromatic rings. The van der Waals surface area contributed by atoms with Gasteiger partial charge in [0.1, 0.15) is 23.2 Å². The van der Waals surface area contributed by atoms with Gasteiger partial charge in [0.05, 0.1) is 18.2 Å². The molecule has 5 rings (SSSR count). The number of benzene rings is 2. The lowest BCUT2D eigenvalue weighted by Crippen LogP contribution is -2.60. The van der Waals surface area contributed by atoms with Crippen molar-refractivity contribution in [1.29, 1.82) is 0 Å². The van der Waals surface area contributed by atoms with Crippen LogP contribution in [0.15, 0.2) is 53.5 Å². The van der Waals surface area contributed by atoms with E-state index in [4.69, 9.17) is 21.1 Å². The van der Waals surface area contributed by atoms with Crippen LogP contribution in [0.2, 0.25) is 5.02 Å². The molecule has 1 aromatic heterocycles. The van der Waals surface area contributed by atoms with E-state index < -0.39 is 22.6 Å². The van der Waals surface area contributed by atoms with Crippen LogP contribution in [0.4, 0.5) is 4.39 Å². The number of fused-ring (bicyclic) bond motifs is 2. The number of rotatable bonds is 9. The number of amides is 1. The number of likely N-dealkylation sites (N-methyl/N-ethyl adjacent to an activating group) is 1. The molecular formula is C30H30ClFN2O6. The Morgan fingerprint density at radius 2 is 1.90 bits per heavy atom. The molecule has 1 fully saturated rings. The number of methoxy groups -OCH3 is 1. The van der Waals surface area contributed by atoms with E-state index in [1.54, 1.807) is 16.5 Å². The van der Waals surface area contributed by atoms with Crippen molar-refractivity contribution in [3.63, 3.8) is 0 Å². The quantitative estimate of drug-likeness (QED) is 0.388. The first kappa shape index (κ1) is 27.9. The molecule has 2 aromatic carbocycles. The second-order valence-corrected chi connectivity index (χ2v) is 10.9. The Bertz CT molecular complexity index is 1520. The van der Waals surface area contributed by atoms with E-state index in [9.17, 15) is 23.9 Å². The van der Waals surface area contributed by atoms with Gasteiger partial charge in [0.25, 0.3) is 5.91 Å². The normalized spacial score (nSPS) is 19.8. The van der Waals surface area contributed by atoms with E-state index in [2.05, 4.69) is 0 Å². The highest BCUT2D eigenvalue weighted by Gasteiger charge is 2.51. The van der Waals surface area contributed by atoms with Crippen LogP contribution in [0.3, 0.4) is 0 Å². The number of hydrogen-bond acceptors (Lipinski definition) is 6. The molecule has 10 heteroatoms. The van der Waals surface area contributed by atoms with Gasteiger partial charge in [-0.15, -0.1) is 0 Å². The summed E-state index contributed by atoms with van der Waals surface area (Å²) in [4.78, 5) is 42.1. The SMILES string of the molecule is COc1ccc(CCC(=O)c2cn3c(c(OCc4ccccc4)c2=O)C(=O)N(C)CC32CC(CO)C2)c(F)c1Cl. The van der Waals surface area contributed by atoms with Crippen molar-refractivity contribution in [2.45, 2.75) is 37.8 Å². The maximum absolute atomic E-state index is 14.8. The number of aliphatic hydroxyl groups is 1. The zero-order chi connectivity index (χ0) is 28.6. The van der Waals surface area contributed by atoms with Gasteiger partial charge >= 0.3 is 0 Å². The van der Waals surface area contributed by atoms with Crippen LogP contribution in [-0.4, -0.2) is 53.6 Å². The number of halogens is 2. The predicted octanol–water partition coefficient (Wildman–Crippen LogP) is 4.23. The smallest absolute Gasteiger partial charge is 0.274 e. The fraction of sp³-hybridized carbons (Fsp3) is 0.367. The summed E-state index contributed by atoms with van der Waals surface area (Å²) in [6.07, 6.45) is 2.46. The number of nitrogens with zero attached hydrogens (tertiary/aromatic N) is 2. The van der Waals surface area contributed by atoms with Gasteiger partial charge in [0.15, 0.2) is 17.2 Å². The largest absolute Gasteiger partial charge is 0.495 e. The molecule has 0 radical (unpaired) electrons. The summed E-state index contributed by atoms with van der Waals surface area (Å²) in [5.74, 6) is -1.52. The number of pyridine rings is 1. The average molecular weight is 569 g/mol. The Kier molecular flexibility index (Phi) is 7.70. The first-order valence-corrected chi connectivity index (χ1v) is 13.4. The third-order valence-corrected chi connectivity index (χ3v) is 8.20. The van der Waals surface area contributed by atoms with E-state index in [1.807, 2.05) is 30.3 Å². The standard InChI is InChI=1S/C30H30ClFN2O6/c1-33-17-30(12-19(13-30)15-35)34-14-21(22(36)10-8-20-9-11-23(39-2)24(31)25(20)32)27(37)28(26(34)29(33)38)40-16-18-6-4-3-5-7-18/h3-7,9,11,14,19,35H,8,10,12-13,15-17H2,1-2H3. The molecule has 1 N–H and O–H groups in total. The molecule has 0 unspecified atom stereocenters. The van der Waals surface area contributed by atoms with E-state index >= 15 is 0 Å². The lowest BCUT2D eigenvalue weighted by Gasteiger charge is -2.53. The van der Waals surface area contributed by atoms with Gasteiger partial charge in [-0.05, 0) is 42.4 Å². The first-order valence-electron chi connectivity index (χ1n) is 13.1. The number of aliphatic hydroxyl groups excluding tert-OH is 1. The fourth-order valence-electron chi connectivity index (χ4n) is 5.77. The number of hydrogen-bond donors (Lipinski definition) is 1. The molecule has 1 aliphatic carbocycles. The number of Topliss-reactive ketones (excluding diaryl/α,β-unsaturated/α-hetero) is 1. The molecule has 210 valence electrons. The van der Waals surface area contributed by atoms with Gasteiger partial charge in [-0.1, -0.05) is 48.0 Å². The molecular weight excluding hydrogens is 539 g/mol. The molecule has 8 nitrogen and oxygen atoms in total. The van der Waals surface area contributed by atoms with Gasteiger partial charge in [-0.3, -0.25) is 14.4 Å². The molecule has 1 amide bonds. The highest BCUT2D eigenvalue weighted by atomic mass is 35.5. The summed E-state index contributed by atoms with van der Waals surface area (Å²) < 4.78 is 27.5. The highest BCUT2D eigenvalue weighted by Crippen LogP contribution is 2.48. The molecule has 2 heterocycles. The molecule has 2 aliphatic rings. The van der Waals surface area contributed by atoms with E-state index in [0.717, 1.165) is 5.56 Å². The Balaban J connectivity index is 1.54. The van der Waals surface area contributed by atoms with E-state index in [0.29, 0.717) is 19.4 Å². The summed E-state index contributed by atoms with van der Waals surface area (Å²) in [5.41, 5.74) is -0.284. The Labute approximate surface area is 235 Å². The van der Waals surface area contributed by atoms with Crippen molar-refractivity contribution in [3.8, 4) is 11.5 Å². The lowest BCUT2D eigenvalue weighted by molar-refractivity contribution is -0.0105. The van der Waals surface area contributed by atoms with Gasteiger partial charge in [0.2, 0.25) is 5.43 Å². The maximum Gasteiger partial charge on any atom is 0.274 e. The Morgan fingerprint density at radius 3 is 2.58 bits per heavy atom. The maximum atomic E-state index is 14.8. The number of aryl methyl sites for hydroxylation is 1. The van der Waals surface area contributed by atoms with Crippen LogP contribution in [0.5, 0.6) is 11.5 Å². The molecule has 0 saturated heterocycles. The summed E-state index contributed by atoms with van der Waals surface area (Å²) in [6, 6.07) is 12.2. The van der Waals surface area contributed by atoms with Crippen LogP contribution in [0, 0.1) is 11.7 Å². The van der Waals surface area contributed by atoms with Crippen molar-refractivity contribution < 1.29 is 28.6 Å². The van der Waals surface area contributed by atoms with Crippen molar-refractivity contribution >= 4 is 23.3 Å². The van der Waals surface area contributed by atoms with Crippen molar-refractivity contribution in [2.75, 3.05) is 27.3 Å². The van der Waals surface area contributed by atoms with Gasteiger partial charge in [0, 0.05) is 32.8 Å². The Hall–Kier alpha value is -3.69. The number of carbonyl (C=O) groups excluding carboxylic acids is 2. The van der Waals surface area contributed by atoms with Gasteiger partial charge in [-0.2, -0.15) is 0 Å². The van der Waals surface area contributed by atoms with Crippen LogP contribution in [0.25, 0.3) is 0 Å². The molecule has 0 bridgehead atoms. The number of ether oxygens (including phenoxy) is 2. The predicted molar refractivity (Wildman–Crippen MR) is 147 cm³/mol. The van der Waals surface area contributed by atoms with Crippen LogP contribution in [0.1, 0.15) is 51.2 Å². The summed E-state index contributed by atoms with van der Waals surface area (Å²) in [5, 5.41) is 9.53. The lowest BCUT2D eigenvalue weighted by atomic mass is 9.67. The van der Waals surface area contributed by atoms with Crippen LogP contribution < -0.4 is 14.9 Å². The third-order valence-electron chi connectivity index (χ3n) is 7.85. The number of ketones is 1. The van der Waals surface area contributed by atoms with E-state index in [-0.39, 0.29) is 71.2 Å². The second kappa shape index (κ2) is 11.1. The monoisotopic (exact) mass is 568 g/mol. The minimum atomic E-state index is -0.683. The third kappa shape index (κ3) is 4.88. The van der Waals surface area contributed by atoms with Crippen LogP contribution >= 0.6 is 11.6 Å². The minimum Gasteiger partial charge on any atom is -0.495 e. The summed E-state index contributed by atoms with van der Waals surface area (Å²) in [6.45, 7) is 0.410. The number of carbonyl (C=O) groups is 2. The Morgan fingerprint density at radius 1 is 1.18 bits per heavy atom. The number of aromatic nitrogens is 1. The van der Waals surface area contributed by atoms with Crippen molar-refractivity contribution in [1.82, 2.24) is 9.47 Å². The molecule has 1 spiro atoms. The van der Waals surface area contributed by atoms with Crippen molar-refractivity contribution in [2.24, 2.45) is 5.92 Å². The molecule has 0 atom stereocenters. The topological polar surface area (TPSA) is 98.1 Å². The minimum absolute atomic E-state index is 0.00802.